The van der Waals surface area contributed by atoms with Gasteiger partial charge in [-0.05, 0) is 12.8 Å². The Hall–Kier alpha value is -0.510. The first-order chi connectivity index (χ1) is 13.1. The summed E-state index contributed by atoms with van der Waals surface area (Å²) in [6.45, 7) is 2.15. The monoisotopic (exact) mass is 488 g/mol. The molecular formula is C11H20O15S3. The van der Waals surface area contributed by atoms with E-state index in [9.17, 15) is 25.3 Å². The summed E-state index contributed by atoms with van der Waals surface area (Å²) in [7, 11) is -15.5. The second-order valence-corrected chi connectivity index (χ2v) is 9.24. The van der Waals surface area contributed by atoms with Gasteiger partial charge in [0, 0.05) is 0 Å². The second-order valence-electron chi connectivity index (χ2n) is 6.05. The van der Waals surface area contributed by atoms with Crippen molar-refractivity contribution in [2.24, 2.45) is 0 Å². The molecule has 0 radical (unpaired) electrons. The molecule has 2 heterocycles. The smallest absolute Gasteiger partial charge is 0.341 e. The lowest BCUT2D eigenvalue weighted by Gasteiger charge is -2.31. The molecule has 2 fully saturated rings. The molecule has 2 aliphatic heterocycles. The Bertz CT molecular complexity index is 890. The zero-order chi connectivity index (χ0) is 22.3. The van der Waals surface area contributed by atoms with Crippen molar-refractivity contribution in [3.05, 3.63) is 0 Å². The van der Waals surface area contributed by atoms with Crippen LogP contribution in [0.15, 0.2) is 0 Å². The van der Waals surface area contributed by atoms with Gasteiger partial charge in [-0.2, -0.15) is 25.3 Å². The van der Waals surface area contributed by atoms with Gasteiger partial charge >= 0.3 is 31.2 Å². The molecular weight excluding hydrogens is 468 g/mol. The lowest BCUT2D eigenvalue weighted by molar-refractivity contribution is -0.242. The first kappa shape index (κ1) is 24.8. The van der Waals surface area contributed by atoms with Crippen LogP contribution < -0.4 is 0 Å². The quantitative estimate of drug-likeness (QED) is 0.309. The van der Waals surface area contributed by atoms with Gasteiger partial charge in [0.2, 0.25) is 0 Å². The van der Waals surface area contributed by atoms with E-state index in [-0.39, 0.29) is 0 Å². The minimum atomic E-state index is -5.24. The molecule has 0 saturated carbocycles. The summed E-state index contributed by atoms with van der Waals surface area (Å²) < 4.78 is 122. The van der Waals surface area contributed by atoms with Gasteiger partial charge in [0.15, 0.2) is 12.1 Å². The minimum absolute atomic E-state index is 0.305. The summed E-state index contributed by atoms with van der Waals surface area (Å²) in [5.41, 5.74) is 0. The van der Waals surface area contributed by atoms with Crippen LogP contribution in [0.2, 0.25) is 0 Å². The van der Waals surface area contributed by atoms with E-state index >= 15 is 0 Å². The van der Waals surface area contributed by atoms with E-state index < -0.39 is 74.3 Å². The van der Waals surface area contributed by atoms with Crippen LogP contribution in [-0.2, 0) is 58.0 Å². The third-order valence-electron chi connectivity index (χ3n) is 4.19. The van der Waals surface area contributed by atoms with Crippen molar-refractivity contribution in [3.63, 3.8) is 0 Å². The highest BCUT2D eigenvalue weighted by molar-refractivity contribution is 7.81. The van der Waals surface area contributed by atoms with E-state index in [1.165, 1.54) is 0 Å². The van der Waals surface area contributed by atoms with Gasteiger partial charge in [-0.3, -0.25) is 13.7 Å². The third kappa shape index (κ3) is 6.74. The Labute approximate surface area is 167 Å². The molecule has 2 rings (SSSR count). The number of fused-ring (bicyclic) bond motifs is 1. The zero-order valence-corrected chi connectivity index (χ0v) is 17.4. The van der Waals surface area contributed by atoms with Crippen LogP contribution in [0.25, 0.3) is 0 Å². The van der Waals surface area contributed by atoms with Crippen molar-refractivity contribution in [1.29, 1.82) is 0 Å². The van der Waals surface area contributed by atoms with E-state index in [2.05, 4.69) is 12.5 Å². The molecule has 172 valence electrons. The molecule has 0 amide bonds. The summed E-state index contributed by atoms with van der Waals surface area (Å²) >= 11 is 0. The maximum absolute atomic E-state index is 11.3. The van der Waals surface area contributed by atoms with Crippen LogP contribution in [0, 0.1) is 0 Å². The highest BCUT2D eigenvalue weighted by Gasteiger charge is 2.60. The van der Waals surface area contributed by atoms with Gasteiger partial charge in [-0.25, -0.2) is 12.5 Å². The predicted octanol–water partition coefficient (Wildman–Crippen LogP) is -1.16. The third-order valence-corrected chi connectivity index (χ3v) is 5.58. The van der Waals surface area contributed by atoms with Crippen LogP contribution in [0.3, 0.4) is 0 Å². The van der Waals surface area contributed by atoms with Crippen LogP contribution in [0.4, 0.5) is 0 Å². The van der Waals surface area contributed by atoms with Crippen molar-refractivity contribution in [1.82, 2.24) is 0 Å². The molecule has 0 spiro atoms. The fraction of sp³-hybridized carbons (Fsp3) is 1.00. The summed E-state index contributed by atoms with van der Waals surface area (Å²) in [5, 5.41) is 0. The molecule has 2 aliphatic rings. The Morgan fingerprint density at radius 3 is 1.97 bits per heavy atom. The molecule has 0 unspecified atom stereocenters. The predicted molar refractivity (Wildman–Crippen MR) is 88.3 cm³/mol. The number of rotatable bonds is 10. The zero-order valence-electron chi connectivity index (χ0n) is 15.0. The molecule has 0 aromatic carbocycles. The van der Waals surface area contributed by atoms with Crippen LogP contribution >= 0.6 is 0 Å². The van der Waals surface area contributed by atoms with Gasteiger partial charge < -0.3 is 14.2 Å². The summed E-state index contributed by atoms with van der Waals surface area (Å²) in [6.07, 6.45) is -7.70. The van der Waals surface area contributed by atoms with E-state index in [0.717, 1.165) is 0 Å². The Morgan fingerprint density at radius 2 is 1.52 bits per heavy atom. The van der Waals surface area contributed by atoms with Crippen molar-refractivity contribution in [3.8, 4) is 0 Å². The van der Waals surface area contributed by atoms with Crippen molar-refractivity contribution in [2.45, 2.75) is 63.2 Å². The normalized spacial score (nSPS) is 30.9. The minimum Gasteiger partial charge on any atom is -0.341 e. The van der Waals surface area contributed by atoms with Gasteiger partial charge in [0.1, 0.15) is 24.4 Å². The first-order valence-corrected chi connectivity index (χ1v) is 12.1. The Balaban J connectivity index is 2.36. The van der Waals surface area contributed by atoms with Crippen LogP contribution in [-0.4, -0.2) is 82.0 Å². The summed E-state index contributed by atoms with van der Waals surface area (Å²) in [4.78, 5) is 0. The molecule has 2 saturated heterocycles. The average Bonchev–Trinajstić information content (AvgIpc) is 3.05. The van der Waals surface area contributed by atoms with Gasteiger partial charge in [0.05, 0.1) is 6.61 Å². The van der Waals surface area contributed by atoms with Crippen LogP contribution in [0.5, 0.6) is 0 Å². The molecule has 0 aromatic heterocycles. The number of ether oxygens (including phenoxy) is 3. The van der Waals surface area contributed by atoms with Crippen LogP contribution in [0.1, 0.15) is 26.7 Å². The molecule has 0 aromatic rings. The fourth-order valence-electron chi connectivity index (χ4n) is 2.98. The number of hydrogen-bond acceptors (Lipinski definition) is 12. The van der Waals surface area contributed by atoms with E-state index in [1.807, 2.05) is 0 Å². The molecule has 15 nitrogen and oxygen atoms in total. The first-order valence-electron chi connectivity index (χ1n) is 8.02. The second kappa shape index (κ2) is 8.55. The maximum Gasteiger partial charge on any atom is 0.397 e. The lowest BCUT2D eigenvalue weighted by Crippen LogP contribution is -2.47. The van der Waals surface area contributed by atoms with E-state index in [0.29, 0.717) is 12.8 Å². The summed E-state index contributed by atoms with van der Waals surface area (Å²) in [6, 6.07) is 0. The highest BCUT2D eigenvalue weighted by atomic mass is 32.3. The Morgan fingerprint density at radius 1 is 0.931 bits per heavy atom. The van der Waals surface area contributed by atoms with Gasteiger partial charge in [0.25, 0.3) is 0 Å². The van der Waals surface area contributed by atoms with E-state index in [4.69, 9.17) is 27.9 Å². The molecule has 0 bridgehead atoms. The number of hydrogen-bond donors (Lipinski definition) is 3. The topological polar surface area (TPSA) is 218 Å². The lowest BCUT2D eigenvalue weighted by atomic mass is 10.1. The standard InChI is InChI=1S/C11H20O15S3/c1-3-11(4-2)23-9-8(26-29(18,19)20)7(22-10(9)24-11)6(25-28(15,16)17)5-21-27(12,13)14/h6-10H,3-5H2,1-2H3,(H,12,13,14)(H,15,16,17)(H,18,19,20)/t6-,7-,8+,9-,10-/m1/s1. The van der Waals surface area contributed by atoms with Crippen molar-refractivity contribution < 1.29 is 65.7 Å². The Kier molecular flexibility index (Phi) is 7.30. The molecule has 0 aliphatic carbocycles. The molecule has 3 N–H and O–H groups in total. The van der Waals surface area contributed by atoms with E-state index in [1.54, 1.807) is 13.8 Å². The summed E-state index contributed by atoms with van der Waals surface area (Å²) in [5.74, 6) is -1.19. The molecule has 18 heteroatoms. The average molecular weight is 488 g/mol. The van der Waals surface area contributed by atoms with Crippen molar-refractivity contribution in [2.75, 3.05) is 6.61 Å². The fourth-order valence-corrected chi connectivity index (χ4v) is 4.26. The van der Waals surface area contributed by atoms with Gasteiger partial charge in [-0.1, -0.05) is 13.8 Å². The van der Waals surface area contributed by atoms with Crippen molar-refractivity contribution >= 4 is 31.2 Å². The van der Waals surface area contributed by atoms with Gasteiger partial charge in [-0.15, -0.1) is 0 Å². The SMILES string of the molecule is CCC1(CC)O[C@H]2O[C@H]([C@@H](COS(=O)(=O)O)OS(=O)(=O)O)[C@H](OS(=O)(=O)O)[C@H]2O1. The molecule has 29 heavy (non-hydrogen) atoms. The molecule has 5 atom stereocenters. The maximum atomic E-state index is 11.3. The highest BCUT2D eigenvalue weighted by Crippen LogP contribution is 2.43. The largest absolute Gasteiger partial charge is 0.397 e.